The predicted molar refractivity (Wildman–Crippen MR) is 113 cm³/mol. The van der Waals surface area contributed by atoms with E-state index in [1.807, 2.05) is 6.08 Å². The summed E-state index contributed by atoms with van der Waals surface area (Å²) in [7, 11) is 0. The molecule has 3 amide bonds. The molecule has 1 N–H and O–H groups in total. The number of carbonyl (C=O) groups is 3. The van der Waals surface area contributed by atoms with Gasteiger partial charge in [-0.25, -0.2) is 14.0 Å². The maximum atomic E-state index is 15.0. The highest BCUT2D eigenvalue weighted by Gasteiger charge is 2.33. The molecule has 1 fully saturated rings. The van der Waals surface area contributed by atoms with Crippen molar-refractivity contribution in [2.75, 3.05) is 31.1 Å². The normalized spacial score (nSPS) is 19.1. The Kier molecular flexibility index (Phi) is 6.52. The fourth-order valence-corrected chi connectivity index (χ4v) is 3.45. The van der Waals surface area contributed by atoms with Crippen LogP contribution in [0.2, 0.25) is 0 Å². The van der Waals surface area contributed by atoms with Gasteiger partial charge in [0, 0.05) is 25.6 Å². The van der Waals surface area contributed by atoms with Crippen LogP contribution in [0.25, 0.3) is 5.57 Å². The van der Waals surface area contributed by atoms with Crippen molar-refractivity contribution in [3.05, 3.63) is 35.7 Å². The van der Waals surface area contributed by atoms with Crippen molar-refractivity contribution < 1.29 is 28.2 Å². The molecule has 31 heavy (non-hydrogen) atoms. The molecule has 1 atom stereocenters. The van der Waals surface area contributed by atoms with Crippen molar-refractivity contribution >= 4 is 29.4 Å². The van der Waals surface area contributed by atoms with E-state index < -0.39 is 29.7 Å². The summed E-state index contributed by atoms with van der Waals surface area (Å²) >= 11 is 0. The van der Waals surface area contributed by atoms with Crippen molar-refractivity contribution in [2.24, 2.45) is 0 Å². The van der Waals surface area contributed by atoms with E-state index in [9.17, 15) is 18.8 Å². The Labute approximate surface area is 181 Å². The molecule has 9 heteroatoms. The lowest BCUT2D eigenvalue weighted by Gasteiger charge is -2.30. The summed E-state index contributed by atoms with van der Waals surface area (Å²) in [5, 5.41) is 2.60. The first-order valence-corrected chi connectivity index (χ1v) is 10.2. The molecule has 2 aliphatic heterocycles. The van der Waals surface area contributed by atoms with Gasteiger partial charge in [-0.1, -0.05) is 6.08 Å². The smallest absolute Gasteiger partial charge is 0.414 e. The van der Waals surface area contributed by atoms with Gasteiger partial charge in [0.05, 0.1) is 18.8 Å². The van der Waals surface area contributed by atoms with Gasteiger partial charge in [-0.05, 0) is 51.0 Å². The highest BCUT2D eigenvalue weighted by Crippen LogP contribution is 2.29. The Bertz CT molecular complexity index is 909. The zero-order chi connectivity index (χ0) is 22.8. The van der Waals surface area contributed by atoms with E-state index in [1.165, 1.54) is 17.9 Å². The minimum absolute atomic E-state index is 0.200. The number of benzene rings is 1. The molecule has 1 aromatic carbocycles. The third-order valence-corrected chi connectivity index (χ3v) is 4.87. The first kappa shape index (κ1) is 22.6. The number of nitrogens with one attached hydrogen (secondary N) is 1. The van der Waals surface area contributed by atoms with Crippen molar-refractivity contribution in [1.82, 2.24) is 10.2 Å². The number of carbonyl (C=O) groups excluding carboxylic acids is 3. The average Bonchev–Trinajstić information content (AvgIpc) is 3.06. The zero-order valence-electron chi connectivity index (χ0n) is 18.2. The average molecular weight is 433 g/mol. The van der Waals surface area contributed by atoms with Gasteiger partial charge in [-0.15, -0.1) is 0 Å². The van der Waals surface area contributed by atoms with Gasteiger partial charge in [0.25, 0.3) is 0 Å². The molecule has 168 valence electrons. The SMILES string of the molecule is CC(=O)NCC1CN(c2ccc(C3=CCCN(C(=O)OC(C)(C)C)C3)c(F)c2)C(=O)O1. The fraction of sp³-hybridized carbons (Fsp3) is 0.500. The van der Waals surface area contributed by atoms with Crippen molar-refractivity contribution in [3.63, 3.8) is 0 Å². The van der Waals surface area contributed by atoms with Crippen LogP contribution in [-0.4, -0.2) is 60.9 Å². The summed E-state index contributed by atoms with van der Waals surface area (Å²) in [5.41, 5.74) is 0.831. The van der Waals surface area contributed by atoms with E-state index in [0.29, 0.717) is 29.8 Å². The highest BCUT2D eigenvalue weighted by molar-refractivity contribution is 5.90. The predicted octanol–water partition coefficient (Wildman–Crippen LogP) is 3.31. The molecule has 1 unspecified atom stereocenters. The van der Waals surface area contributed by atoms with Crippen LogP contribution in [0, 0.1) is 5.82 Å². The van der Waals surface area contributed by atoms with Gasteiger partial charge in [0.15, 0.2) is 0 Å². The second-order valence-electron chi connectivity index (χ2n) is 8.64. The minimum Gasteiger partial charge on any atom is -0.444 e. The molecule has 3 rings (SSSR count). The van der Waals surface area contributed by atoms with Crippen LogP contribution < -0.4 is 10.2 Å². The maximum absolute atomic E-state index is 15.0. The third kappa shape index (κ3) is 5.74. The molecule has 0 spiro atoms. The molecule has 8 nitrogen and oxygen atoms in total. The molecule has 0 saturated carbocycles. The number of hydrogen-bond acceptors (Lipinski definition) is 5. The fourth-order valence-electron chi connectivity index (χ4n) is 3.45. The van der Waals surface area contributed by atoms with Gasteiger partial charge < -0.3 is 19.7 Å². The summed E-state index contributed by atoms with van der Waals surface area (Å²) in [6, 6.07) is 4.53. The Morgan fingerprint density at radius 2 is 2.06 bits per heavy atom. The molecular weight excluding hydrogens is 405 g/mol. The Balaban J connectivity index is 1.69. The maximum Gasteiger partial charge on any atom is 0.414 e. The standard InChI is InChI=1S/C22H28FN3O5/c1-14(27)24-11-17-13-26(21(29)30-17)16-7-8-18(19(23)10-16)15-6-5-9-25(12-15)20(28)31-22(2,3)4/h6-8,10,17H,5,9,11-13H2,1-4H3,(H,24,27). The van der Waals surface area contributed by atoms with Gasteiger partial charge in [-0.2, -0.15) is 0 Å². The molecule has 0 aliphatic carbocycles. The monoisotopic (exact) mass is 433 g/mol. The van der Waals surface area contributed by atoms with E-state index >= 15 is 0 Å². The van der Waals surface area contributed by atoms with E-state index in [0.717, 1.165) is 0 Å². The molecule has 1 saturated heterocycles. The molecule has 0 aromatic heterocycles. The van der Waals surface area contributed by atoms with Gasteiger partial charge in [-0.3, -0.25) is 9.69 Å². The number of halogens is 1. The van der Waals surface area contributed by atoms with Crippen LogP contribution in [0.15, 0.2) is 24.3 Å². The quantitative estimate of drug-likeness (QED) is 0.787. The van der Waals surface area contributed by atoms with Crippen molar-refractivity contribution in [3.8, 4) is 0 Å². The van der Waals surface area contributed by atoms with E-state index in [-0.39, 0.29) is 25.5 Å². The first-order chi connectivity index (χ1) is 14.5. The molecular formula is C22H28FN3O5. The van der Waals surface area contributed by atoms with Crippen LogP contribution in [0.5, 0.6) is 0 Å². The van der Waals surface area contributed by atoms with Gasteiger partial charge in [0.1, 0.15) is 17.5 Å². The van der Waals surface area contributed by atoms with Crippen LogP contribution in [0.4, 0.5) is 19.7 Å². The highest BCUT2D eigenvalue weighted by atomic mass is 19.1. The van der Waals surface area contributed by atoms with Gasteiger partial charge in [0.2, 0.25) is 5.91 Å². The molecule has 1 aromatic rings. The van der Waals surface area contributed by atoms with Crippen molar-refractivity contribution in [2.45, 2.75) is 45.8 Å². The van der Waals surface area contributed by atoms with E-state index in [1.54, 1.807) is 37.8 Å². The molecule has 2 heterocycles. The molecule has 2 aliphatic rings. The second-order valence-corrected chi connectivity index (χ2v) is 8.64. The summed E-state index contributed by atoms with van der Waals surface area (Å²) in [6.45, 7) is 7.95. The van der Waals surface area contributed by atoms with Gasteiger partial charge >= 0.3 is 12.2 Å². The summed E-state index contributed by atoms with van der Waals surface area (Å²) < 4.78 is 25.6. The number of rotatable bonds is 4. The topological polar surface area (TPSA) is 88.2 Å². The summed E-state index contributed by atoms with van der Waals surface area (Å²) in [6.07, 6.45) is 0.990. The second kappa shape index (κ2) is 8.95. The largest absolute Gasteiger partial charge is 0.444 e. The minimum atomic E-state index is -0.604. The molecule has 0 radical (unpaired) electrons. The van der Waals surface area contributed by atoms with Crippen LogP contribution in [-0.2, 0) is 14.3 Å². The van der Waals surface area contributed by atoms with E-state index in [4.69, 9.17) is 9.47 Å². The third-order valence-electron chi connectivity index (χ3n) is 4.87. The zero-order valence-corrected chi connectivity index (χ0v) is 18.2. The van der Waals surface area contributed by atoms with Crippen LogP contribution in [0.1, 0.15) is 39.7 Å². The van der Waals surface area contributed by atoms with Crippen LogP contribution in [0.3, 0.4) is 0 Å². The number of amides is 3. The number of anilines is 1. The molecule has 0 bridgehead atoms. The number of hydrogen-bond donors (Lipinski definition) is 1. The number of ether oxygens (including phenoxy) is 2. The number of nitrogens with zero attached hydrogens (tertiary/aromatic N) is 2. The summed E-state index contributed by atoms with van der Waals surface area (Å²) in [4.78, 5) is 38.5. The first-order valence-electron chi connectivity index (χ1n) is 10.2. The summed E-state index contributed by atoms with van der Waals surface area (Å²) in [5.74, 6) is -0.709. The van der Waals surface area contributed by atoms with Crippen molar-refractivity contribution in [1.29, 1.82) is 0 Å². The van der Waals surface area contributed by atoms with Crippen LogP contribution >= 0.6 is 0 Å². The number of cyclic esters (lactones) is 1. The lowest BCUT2D eigenvalue weighted by Crippen LogP contribution is -2.39. The lowest BCUT2D eigenvalue weighted by molar-refractivity contribution is -0.119. The Morgan fingerprint density at radius 3 is 2.71 bits per heavy atom. The Hall–Kier alpha value is -3.10. The van der Waals surface area contributed by atoms with E-state index in [2.05, 4.69) is 5.32 Å². The lowest BCUT2D eigenvalue weighted by atomic mass is 10.00. The Morgan fingerprint density at radius 1 is 1.32 bits per heavy atom.